The van der Waals surface area contributed by atoms with Gasteiger partial charge in [0.15, 0.2) is 0 Å². The molecule has 0 heterocycles. The molecule has 1 nitrogen and oxygen atoms in total. The van der Waals surface area contributed by atoms with Gasteiger partial charge in [0.2, 0.25) is 0 Å². The van der Waals surface area contributed by atoms with Gasteiger partial charge in [-0.05, 0) is 32.1 Å². The molecule has 0 aromatic carbocycles. The third-order valence-corrected chi connectivity index (χ3v) is 3.91. The monoisotopic (exact) mass is 251 g/mol. The van der Waals surface area contributed by atoms with Crippen LogP contribution in [0, 0.1) is 11.3 Å². The maximum absolute atomic E-state index is 7.53. The Hall–Kier alpha value is 0.400. The lowest BCUT2D eigenvalue weighted by atomic mass is 9.81. The number of hydrogen-bond donors (Lipinski definition) is 1. The quantitative estimate of drug-likeness (QED) is 0.505. The molecule has 1 saturated carbocycles. The predicted molar refractivity (Wildman–Crippen MR) is 53.2 cm³/mol. The second-order valence-electron chi connectivity index (χ2n) is 3.50. The third kappa shape index (κ3) is 1.71. The molecule has 2 heteroatoms. The zero-order valence-corrected chi connectivity index (χ0v) is 8.73. The molecule has 1 aliphatic carbocycles. The van der Waals surface area contributed by atoms with Crippen LogP contribution in [0.25, 0.3) is 0 Å². The normalized spacial score (nSPS) is 41.9. The minimum absolute atomic E-state index is 0.354. The Morgan fingerprint density at radius 1 is 1.70 bits per heavy atom. The number of rotatable bonds is 0. The van der Waals surface area contributed by atoms with Crippen molar-refractivity contribution >= 4 is 28.3 Å². The van der Waals surface area contributed by atoms with Gasteiger partial charge in [0.1, 0.15) is 0 Å². The summed E-state index contributed by atoms with van der Waals surface area (Å²) < 4.78 is 0.354. The summed E-state index contributed by atoms with van der Waals surface area (Å²) in [6.45, 7) is 4.55. The smallest absolute Gasteiger partial charge is 0.0271 e. The SMILES string of the molecule is CC1CCC(=N)CC1(C)I. The minimum atomic E-state index is 0.354. The van der Waals surface area contributed by atoms with E-state index in [-0.39, 0.29) is 0 Å². The van der Waals surface area contributed by atoms with Gasteiger partial charge in [-0.25, -0.2) is 0 Å². The van der Waals surface area contributed by atoms with E-state index in [0.29, 0.717) is 3.42 Å². The average Bonchev–Trinajstić information content (AvgIpc) is 1.78. The van der Waals surface area contributed by atoms with Crippen LogP contribution < -0.4 is 0 Å². The zero-order valence-electron chi connectivity index (χ0n) is 6.58. The van der Waals surface area contributed by atoms with Gasteiger partial charge >= 0.3 is 0 Å². The lowest BCUT2D eigenvalue weighted by molar-refractivity contribution is 0.412. The maximum Gasteiger partial charge on any atom is 0.0271 e. The first-order valence-corrected chi connectivity index (χ1v) is 4.85. The van der Waals surface area contributed by atoms with Crippen molar-refractivity contribution in [2.75, 3.05) is 0 Å². The summed E-state index contributed by atoms with van der Waals surface area (Å²) in [4.78, 5) is 0. The van der Waals surface area contributed by atoms with Crippen molar-refractivity contribution in [1.29, 1.82) is 5.41 Å². The molecule has 10 heavy (non-hydrogen) atoms. The fraction of sp³-hybridized carbons (Fsp3) is 0.875. The van der Waals surface area contributed by atoms with Crippen LogP contribution in [0.4, 0.5) is 0 Å². The lowest BCUT2D eigenvalue weighted by Gasteiger charge is -2.34. The van der Waals surface area contributed by atoms with Crippen LogP contribution >= 0.6 is 22.6 Å². The largest absolute Gasteiger partial charge is 0.310 e. The summed E-state index contributed by atoms with van der Waals surface area (Å²) in [7, 11) is 0. The average molecular weight is 251 g/mol. The van der Waals surface area contributed by atoms with Gasteiger partial charge in [-0.1, -0.05) is 29.5 Å². The van der Waals surface area contributed by atoms with E-state index in [2.05, 4.69) is 36.4 Å². The minimum Gasteiger partial charge on any atom is -0.310 e. The summed E-state index contributed by atoms with van der Waals surface area (Å²) in [6, 6.07) is 0. The first-order chi connectivity index (χ1) is 4.52. The highest BCUT2D eigenvalue weighted by Crippen LogP contribution is 2.38. The Morgan fingerprint density at radius 3 is 2.70 bits per heavy atom. The van der Waals surface area contributed by atoms with Crippen molar-refractivity contribution in [1.82, 2.24) is 0 Å². The molecular weight excluding hydrogens is 237 g/mol. The van der Waals surface area contributed by atoms with Gasteiger partial charge in [0.05, 0.1) is 0 Å². The van der Waals surface area contributed by atoms with Crippen LogP contribution in [0.5, 0.6) is 0 Å². The Bertz CT molecular complexity index is 151. The highest BCUT2D eigenvalue weighted by Gasteiger charge is 2.32. The zero-order chi connectivity index (χ0) is 7.78. The van der Waals surface area contributed by atoms with Crippen LogP contribution in [-0.2, 0) is 0 Å². The van der Waals surface area contributed by atoms with Gasteiger partial charge in [-0.3, -0.25) is 0 Å². The van der Waals surface area contributed by atoms with E-state index in [0.717, 1.165) is 24.5 Å². The summed E-state index contributed by atoms with van der Waals surface area (Å²) >= 11 is 2.49. The van der Waals surface area contributed by atoms with Gasteiger partial charge in [0.25, 0.3) is 0 Å². The topological polar surface area (TPSA) is 23.9 Å². The van der Waals surface area contributed by atoms with Crippen molar-refractivity contribution in [3.8, 4) is 0 Å². The van der Waals surface area contributed by atoms with E-state index in [9.17, 15) is 0 Å². The summed E-state index contributed by atoms with van der Waals surface area (Å²) in [5, 5.41) is 7.53. The van der Waals surface area contributed by atoms with Gasteiger partial charge in [-0.15, -0.1) is 0 Å². The summed E-state index contributed by atoms with van der Waals surface area (Å²) in [5.41, 5.74) is 0.940. The highest BCUT2D eigenvalue weighted by molar-refractivity contribution is 14.1. The molecule has 0 radical (unpaired) electrons. The first kappa shape index (κ1) is 8.50. The van der Waals surface area contributed by atoms with Crippen molar-refractivity contribution in [3.63, 3.8) is 0 Å². The van der Waals surface area contributed by atoms with E-state index in [1.165, 1.54) is 6.42 Å². The lowest BCUT2D eigenvalue weighted by Crippen LogP contribution is -2.33. The molecular formula is C8H14IN. The number of alkyl halides is 1. The third-order valence-electron chi connectivity index (χ3n) is 2.47. The van der Waals surface area contributed by atoms with Crippen LogP contribution in [0.3, 0.4) is 0 Å². The van der Waals surface area contributed by atoms with E-state index in [4.69, 9.17) is 5.41 Å². The molecule has 0 amide bonds. The molecule has 2 unspecified atom stereocenters. The van der Waals surface area contributed by atoms with Crippen molar-refractivity contribution in [2.45, 2.75) is 36.5 Å². The van der Waals surface area contributed by atoms with Crippen LogP contribution in [0.15, 0.2) is 0 Å². The molecule has 0 bridgehead atoms. The van der Waals surface area contributed by atoms with Gasteiger partial charge in [-0.2, -0.15) is 0 Å². The highest BCUT2D eigenvalue weighted by atomic mass is 127. The Kier molecular flexibility index (Phi) is 2.38. The molecule has 58 valence electrons. The fourth-order valence-electron chi connectivity index (χ4n) is 1.37. The molecule has 1 aliphatic rings. The molecule has 1 rings (SSSR count). The second kappa shape index (κ2) is 2.80. The van der Waals surface area contributed by atoms with Crippen molar-refractivity contribution in [3.05, 3.63) is 0 Å². The van der Waals surface area contributed by atoms with Gasteiger partial charge in [0, 0.05) is 9.13 Å². The summed E-state index contributed by atoms with van der Waals surface area (Å²) in [6.07, 6.45) is 3.23. The molecule has 0 aromatic rings. The Labute approximate surface area is 76.2 Å². The van der Waals surface area contributed by atoms with Crippen LogP contribution in [-0.4, -0.2) is 9.13 Å². The first-order valence-electron chi connectivity index (χ1n) is 3.77. The molecule has 0 spiro atoms. The second-order valence-corrected chi connectivity index (χ2v) is 5.96. The molecule has 1 fully saturated rings. The predicted octanol–water partition coefficient (Wildman–Crippen LogP) is 3.02. The van der Waals surface area contributed by atoms with Crippen molar-refractivity contribution in [2.24, 2.45) is 5.92 Å². The maximum atomic E-state index is 7.53. The van der Waals surface area contributed by atoms with Crippen LogP contribution in [0.2, 0.25) is 0 Å². The molecule has 1 N–H and O–H groups in total. The summed E-state index contributed by atoms with van der Waals surface area (Å²) in [5.74, 6) is 0.780. The number of nitrogens with one attached hydrogen (secondary N) is 1. The molecule has 0 aliphatic heterocycles. The molecule has 2 atom stereocenters. The van der Waals surface area contributed by atoms with E-state index in [1.54, 1.807) is 0 Å². The Morgan fingerprint density at radius 2 is 2.30 bits per heavy atom. The van der Waals surface area contributed by atoms with Gasteiger partial charge < -0.3 is 5.41 Å². The van der Waals surface area contributed by atoms with E-state index >= 15 is 0 Å². The molecule has 0 aromatic heterocycles. The Balaban J connectivity index is 2.63. The van der Waals surface area contributed by atoms with E-state index < -0.39 is 0 Å². The standard InChI is InChI=1S/C8H14IN/c1-6-3-4-7(10)5-8(6,2)9/h6,10H,3-5H2,1-2H3. The number of hydrogen-bond acceptors (Lipinski definition) is 1. The van der Waals surface area contributed by atoms with E-state index in [1.807, 2.05) is 0 Å². The number of halogens is 1. The van der Waals surface area contributed by atoms with Crippen LogP contribution in [0.1, 0.15) is 33.1 Å². The fourth-order valence-corrected chi connectivity index (χ4v) is 2.14. The molecule has 0 saturated heterocycles. The van der Waals surface area contributed by atoms with Crippen molar-refractivity contribution < 1.29 is 0 Å².